The maximum Gasteiger partial charge on any atom is 0.317 e. The van der Waals surface area contributed by atoms with Crippen molar-refractivity contribution in [3.05, 3.63) is 104 Å². The Bertz CT molecular complexity index is 1640. The van der Waals surface area contributed by atoms with Crippen LogP contribution in [0.2, 0.25) is 5.02 Å². The minimum atomic E-state index is -1.25. The van der Waals surface area contributed by atoms with E-state index < -0.39 is 22.9 Å². The highest BCUT2D eigenvalue weighted by Crippen LogP contribution is 2.59. The van der Waals surface area contributed by atoms with Crippen molar-refractivity contribution >= 4 is 34.8 Å². The first-order valence-corrected chi connectivity index (χ1v) is 18.8. The van der Waals surface area contributed by atoms with Gasteiger partial charge >= 0.3 is 6.03 Å². The highest BCUT2D eigenvalue weighted by Gasteiger charge is 2.57. The molecule has 0 saturated heterocycles. The fraction of sp³-hybridized carbons (Fsp3) is 0.500. The molecule has 6 nitrogen and oxygen atoms in total. The van der Waals surface area contributed by atoms with E-state index >= 15 is 0 Å². The number of benzene rings is 2. The van der Waals surface area contributed by atoms with Crippen molar-refractivity contribution in [1.29, 1.82) is 0 Å². The molecule has 264 valence electrons. The molecule has 2 bridgehead atoms. The molecule has 9 heteroatoms. The number of halogens is 2. The summed E-state index contributed by atoms with van der Waals surface area (Å²) >= 11 is 8.02. The molecule has 0 aliphatic heterocycles. The number of fused-ring (bicyclic) bond motifs is 8. The molecule has 4 atom stereocenters. The summed E-state index contributed by atoms with van der Waals surface area (Å²) in [4.78, 5) is 30.7. The van der Waals surface area contributed by atoms with Crippen molar-refractivity contribution < 1.29 is 24.2 Å². The van der Waals surface area contributed by atoms with Crippen LogP contribution >= 0.6 is 22.9 Å². The number of allylic oxidation sites excluding steroid dienone is 2. The first kappa shape index (κ1) is 37.2. The Labute approximate surface area is 299 Å². The number of amides is 2. The molecule has 3 aromatic rings. The van der Waals surface area contributed by atoms with Crippen LogP contribution in [0, 0.1) is 11.2 Å². The van der Waals surface area contributed by atoms with Gasteiger partial charge in [-0.15, -0.1) is 11.3 Å². The van der Waals surface area contributed by atoms with Gasteiger partial charge in [-0.25, -0.2) is 9.18 Å². The van der Waals surface area contributed by atoms with Crippen LogP contribution in [0.15, 0.2) is 65.6 Å². The van der Waals surface area contributed by atoms with E-state index in [1.807, 2.05) is 43.5 Å². The van der Waals surface area contributed by atoms with E-state index in [9.17, 15) is 24.2 Å². The molecule has 6 rings (SSSR count). The number of thiophene rings is 1. The number of hydrogen-bond acceptors (Lipinski definition) is 5. The average molecular weight is 709 g/mol. The van der Waals surface area contributed by atoms with Crippen molar-refractivity contribution in [3.8, 4) is 0 Å². The predicted octanol–water partition coefficient (Wildman–Crippen LogP) is 8.67. The number of aliphatic hydroxyl groups excluding tert-OH is 1. The lowest BCUT2D eigenvalue weighted by atomic mass is 9.64. The van der Waals surface area contributed by atoms with E-state index in [1.165, 1.54) is 22.6 Å². The second-order valence-electron chi connectivity index (χ2n) is 14.6. The van der Waals surface area contributed by atoms with Gasteiger partial charge in [0.25, 0.3) is 0 Å². The quantitative estimate of drug-likeness (QED) is 0.153. The summed E-state index contributed by atoms with van der Waals surface area (Å²) in [7, 11) is 0. The monoisotopic (exact) mass is 708 g/mol. The molecule has 2 amide bonds. The number of hydrogen-bond donors (Lipinski definition) is 3. The average Bonchev–Trinajstić information content (AvgIpc) is 3.65. The maximum absolute atomic E-state index is 14.9. The molecule has 0 radical (unpaired) electrons. The molecule has 3 N–H and O–H groups in total. The smallest absolute Gasteiger partial charge is 0.317 e. The Hall–Kier alpha value is -3.04. The van der Waals surface area contributed by atoms with Crippen LogP contribution in [-0.2, 0) is 19.3 Å². The fourth-order valence-electron chi connectivity index (χ4n) is 7.80. The van der Waals surface area contributed by atoms with Crippen LogP contribution < -0.4 is 5.32 Å². The lowest BCUT2D eigenvalue weighted by Crippen LogP contribution is -2.56. The predicted molar refractivity (Wildman–Crippen MR) is 196 cm³/mol. The van der Waals surface area contributed by atoms with Gasteiger partial charge < -0.3 is 20.4 Å². The van der Waals surface area contributed by atoms with Crippen LogP contribution in [0.5, 0.6) is 0 Å². The number of urea groups is 1. The van der Waals surface area contributed by atoms with Gasteiger partial charge in [0.05, 0.1) is 18.2 Å². The molecule has 1 heterocycles. The molecule has 3 aliphatic carbocycles. The molecular formula is C40H50ClFN2O4S. The number of nitrogens with one attached hydrogen (secondary N) is 1. The standard InChI is InChI=1S/C40H50ClFN2O4S/c1-26(2)43-38(47)44(20-17-30-9-7-21-49-30)25-40(48)19-16-34-31-15-13-28(22-29(45)14-12-27(3)8-6-18-39(34,40)4)23-32(31)37(46)24-33-35(41)10-5-11-36(33)42/h5,7-11,13,15,21,23,26,29,34,45,48H,6,12,14,16-20,22,24-25H2,1-4H3,(H,43,47)/t29-,34-,39-,40+/m0/s1. The van der Waals surface area contributed by atoms with Gasteiger partial charge in [-0.1, -0.05) is 54.4 Å². The van der Waals surface area contributed by atoms with E-state index in [1.54, 1.807) is 22.3 Å². The van der Waals surface area contributed by atoms with Gasteiger partial charge in [-0.05, 0) is 119 Å². The Balaban J connectivity index is 1.56. The molecule has 2 aromatic carbocycles. The van der Waals surface area contributed by atoms with Gasteiger partial charge in [0, 0.05) is 45.4 Å². The van der Waals surface area contributed by atoms with Crippen molar-refractivity contribution in [2.24, 2.45) is 5.41 Å². The number of aliphatic hydroxyl groups is 2. The van der Waals surface area contributed by atoms with E-state index in [4.69, 9.17) is 11.6 Å². The number of Topliss-reactive ketones (excluding diaryl/α,β-unsaturated/α-hetero) is 1. The third-order valence-electron chi connectivity index (χ3n) is 10.7. The number of carbonyl (C=O) groups is 2. The normalized spacial score (nSPS) is 24.3. The van der Waals surface area contributed by atoms with Gasteiger partial charge in [-0.2, -0.15) is 0 Å². The lowest BCUT2D eigenvalue weighted by Gasteiger charge is -2.46. The van der Waals surface area contributed by atoms with Crippen molar-refractivity contribution in [2.45, 2.75) is 109 Å². The molecule has 49 heavy (non-hydrogen) atoms. The topological polar surface area (TPSA) is 89.9 Å². The van der Waals surface area contributed by atoms with Gasteiger partial charge in [-0.3, -0.25) is 4.79 Å². The number of rotatable bonds is 9. The third kappa shape index (κ3) is 8.65. The third-order valence-corrected chi connectivity index (χ3v) is 12.0. The Morgan fingerprint density at radius 2 is 1.94 bits per heavy atom. The van der Waals surface area contributed by atoms with E-state index in [0.717, 1.165) is 17.5 Å². The van der Waals surface area contributed by atoms with E-state index in [0.29, 0.717) is 57.1 Å². The van der Waals surface area contributed by atoms with Crippen LogP contribution in [0.1, 0.15) is 104 Å². The zero-order valence-corrected chi connectivity index (χ0v) is 30.7. The fourth-order valence-corrected chi connectivity index (χ4v) is 8.73. The van der Waals surface area contributed by atoms with Crippen LogP contribution in [0.3, 0.4) is 0 Å². The van der Waals surface area contributed by atoms with Crippen LogP contribution in [0.4, 0.5) is 9.18 Å². The molecule has 0 spiro atoms. The van der Waals surface area contributed by atoms with Gasteiger partial charge in [0.1, 0.15) is 5.82 Å². The lowest BCUT2D eigenvalue weighted by molar-refractivity contribution is -0.0769. The summed E-state index contributed by atoms with van der Waals surface area (Å²) in [6.07, 6.45) is 6.25. The summed E-state index contributed by atoms with van der Waals surface area (Å²) in [6, 6.07) is 14.0. The first-order valence-electron chi connectivity index (χ1n) is 17.5. The second-order valence-corrected chi connectivity index (χ2v) is 16.0. The molecule has 1 fully saturated rings. The minimum absolute atomic E-state index is 0.0608. The van der Waals surface area contributed by atoms with Crippen LogP contribution in [0.25, 0.3) is 0 Å². The Morgan fingerprint density at radius 3 is 2.65 bits per heavy atom. The second kappa shape index (κ2) is 15.9. The Morgan fingerprint density at radius 1 is 1.14 bits per heavy atom. The zero-order valence-electron chi connectivity index (χ0n) is 29.1. The first-order chi connectivity index (χ1) is 23.3. The summed E-state index contributed by atoms with van der Waals surface area (Å²) in [5, 5.41) is 29.0. The highest BCUT2D eigenvalue weighted by molar-refractivity contribution is 7.09. The summed E-state index contributed by atoms with van der Waals surface area (Å²) in [6.45, 7) is 8.67. The molecule has 1 saturated carbocycles. The van der Waals surface area contributed by atoms with Crippen molar-refractivity contribution in [3.63, 3.8) is 0 Å². The van der Waals surface area contributed by atoms with Crippen LogP contribution in [-0.4, -0.2) is 57.8 Å². The SMILES string of the molecule is CC1=CCC[C@@]2(C)[C@@H](CC[C@@]2(O)CN(CCc2cccs2)C(=O)NC(C)C)c2ccc(cc2C(=O)Cc2c(F)cccc2Cl)C[C@@H](O)CC1. The van der Waals surface area contributed by atoms with E-state index in [-0.39, 0.29) is 47.3 Å². The zero-order chi connectivity index (χ0) is 35.3. The summed E-state index contributed by atoms with van der Waals surface area (Å²) in [5.74, 6) is -0.996. The molecule has 3 aliphatic rings. The number of carbonyl (C=O) groups excluding carboxylic acids is 2. The number of ketones is 1. The van der Waals surface area contributed by atoms with Gasteiger partial charge in [0.15, 0.2) is 5.78 Å². The van der Waals surface area contributed by atoms with Gasteiger partial charge in [0.2, 0.25) is 0 Å². The summed E-state index contributed by atoms with van der Waals surface area (Å²) in [5.41, 5.74) is 1.51. The Kier molecular flexibility index (Phi) is 12.1. The van der Waals surface area contributed by atoms with E-state index in [2.05, 4.69) is 31.3 Å². The largest absolute Gasteiger partial charge is 0.393 e. The molecule has 1 aromatic heterocycles. The maximum atomic E-state index is 14.9. The molecule has 0 unspecified atom stereocenters. The minimum Gasteiger partial charge on any atom is -0.393 e. The molecular weight excluding hydrogens is 659 g/mol. The van der Waals surface area contributed by atoms with Crippen molar-refractivity contribution in [1.82, 2.24) is 10.2 Å². The highest BCUT2D eigenvalue weighted by atomic mass is 35.5. The van der Waals surface area contributed by atoms with Crippen molar-refractivity contribution in [2.75, 3.05) is 13.1 Å². The summed E-state index contributed by atoms with van der Waals surface area (Å²) < 4.78 is 14.9. The number of nitrogens with zero attached hydrogens (tertiary/aromatic N) is 1.